The Kier molecular flexibility index (Phi) is 5.69. The van der Waals surface area contributed by atoms with Crippen LogP contribution in [-0.4, -0.2) is 17.6 Å². The zero-order valence-electron chi connectivity index (χ0n) is 15.6. The van der Waals surface area contributed by atoms with Crippen LogP contribution in [0.15, 0.2) is 64.5 Å². The predicted molar refractivity (Wildman–Crippen MR) is 117 cm³/mol. The van der Waals surface area contributed by atoms with Gasteiger partial charge >= 0.3 is 0 Å². The van der Waals surface area contributed by atoms with E-state index in [9.17, 15) is 9.18 Å². The van der Waals surface area contributed by atoms with Crippen molar-refractivity contribution in [3.8, 4) is 5.75 Å². The Hall–Kier alpha value is -2.64. The first-order valence-electron chi connectivity index (χ1n) is 8.98. The number of fused-ring (bicyclic) bond motifs is 1. The van der Waals surface area contributed by atoms with Crippen molar-refractivity contribution in [3.05, 3.63) is 87.1 Å². The van der Waals surface area contributed by atoms with E-state index in [-0.39, 0.29) is 18.3 Å². The molecule has 2 aromatic carbocycles. The van der Waals surface area contributed by atoms with Gasteiger partial charge in [-0.25, -0.2) is 4.39 Å². The van der Waals surface area contributed by atoms with Crippen molar-refractivity contribution in [1.29, 1.82) is 0 Å². The van der Waals surface area contributed by atoms with Crippen LogP contribution >= 0.6 is 27.3 Å². The van der Waals surface area contributed by atoms with Gasteiger partial charge in [-0.05, 0) is 34.1 Å². The first-order valence-corrected chi connectivity index (χ1v) is 10.7. The second-order valence-electron chi connectivity index (χ2n) is 6.50. The molecule has 0 radical (unpaired) electrons. The molecule has 2 heterocycles. The molecule has 29 heavy (non-hydrogen) atoms. The Morgan fingerprint density at radius 3 is 2.66 bits per heavy atom. The molecule has 0 aliphatic rings. The molecule has 148 valence electrons. The van der Waals surface area contributed by atoms with E-state index in [2.05, 4.69) is 21.2 Å². The maximum atomic E-state index is 13.9. The monoisotopic (exact) mass is 472 g/mol. The minimum absolute atomic E-state index is 0.125. The molecule has 2 aromatic heterocycles. The average Bonchev–Trinajstić information content (AvgIpc) is 3.28. The van der Waals surface area contributed by atoms with Gasteiger partial charge in [-0.3, -0.25) is 4.79 Å². The summed E-state index contributed by atoms with van der Waals surface area (Å²) in [6.07, 6.45) is 0. The Morgan fingerprint density at radius 2 is 1.90 bits per heavy atom. The second kappa shape index (κ2) is 8.39. The molecule has 4 rings (SSSR count). The molecule has 0 aliphatic heterocycles. The van der Waals surface area contributed by atoms with Gasteiger partial charge in [-0.15, -0.1) is 11.3 Å². The lowest BCUT2D eigenvalue weighted by Crippen LogP contribution is -2.26. The summed E-state index contributed by atoms with van der Waals surface area (Å²) in [6.45, 7) is 0.603. The van der Waals surface area contributed by atoms with Crippen LogP contribution in [0.4, 0.5) is 4.39 Å². The largest absolute Gasteiger partial charge is 0.496 e. The van der Waals surface area contributed by atoms with Gasteiger partial charge in [0.15, 0.2) is 0 Å². The average molecular weight is 473 g/mol. The molecule has 1 N–H and O–H groups in total. The highest BCUT2D eigenvalue weighted by atomic mass is 79.9. The summed E-state index contributed by atoms with van der Waals surface area (Å²) in [5, 5.41) is 4.84. The molecule has 0 fully saturated rings. The van der Waals surface area contributed by atoms with Crippen LogP contribution < -0.4 is 10.1 Å². The summed E-state index contributed by atoms with van der Waals surface area (Å²) in [7, 11) is 1.63. The van der Waals surface area contributed by atoms with Crippen LogP contribution in [0.3, 0.4) is 0 Å². The number of carbonyl (C=O) groups is 1. The highest BCUT2D eigenvalue weighted by molar-refractivity contribution is 9.10. The number of carbonyl (C=O) groups excluding carboxylic acids is 1. The molecular formula is C22H18BrFN2O2S. The zero-order chi connectivity index (χ0) is 20.4. The van der Waals surface area contributed by atoms with E-state index in [1.165, 1.54) is 6.07 Å². The number of hydrogen-bond donors (Lipinski definition) is 1. The van der Waals surface area contributed by atoms with Crippen molar-refractivity contribution in [2.75, 3.05) is 7.11 Å². The van der Waals surface area contributed by atoms with E-state index in [0.717, 1.165) is 26.0 Å². The lowest BCUT2D eigenvalue weighted by molar-refractivity contribution is 0.0942. The number of rotatable bonds is 6. The second-order valence-corrected chi connectivity index (χ2v) is 8.26. The molecule has 0 aliphatic carbocycles. The van der Waals surface area contributed by atoms with Crippen molar-refractivity contribution >= 4 is 43.4 Å². The fourth-order valence-corrected chi connectivity index (χ4v) is 4.99. The number of amides is 1. The van der Waals surface area contributed by atoms with E-state index in [4.69, 9.17) is 4.74 Å². The van der Waals surface area contributed by atoms with Crippen LogP contribution in [0.5, 0.6) is 5.75 Å². The number of halogens is 2. The van der Waals surface area contributed by atoms with Gasteiger partial charge < -0.3 is 14.6 Å². The number of aromatic nitrogens is 1. The van der Waals surface area contributed by atoms with Crippen LogP contribution in [0.25, 0.3) is 10.2 Å². The van der Waals surface area contributed by atoms with E-state index in [1.54, 1.807) is 36.6 Å². The molecule has 7 heteroatoms. The molecule has 0 unspecified atom stereocenters. The Balaban J connectivity index is 1.68. The summed E-state index contributed by atoms with van der Waals surface area (Å²) in [5.41, 5.74) is 2.90. The van der Waals surface area contributed by atoms with Crippen LogP contribution in [0.2, 0.25) is 0 Å². The van der Waals surface area contributed by atoms with Gasteiger partial charge in [0.1, 0.15) is 17.3 Å². The lowest BCUT2D eigenvalue weighted by atomic mass is 10.2. The number of benzene rings is 2. The van der Waals surface area contributed by atoms with Gasteiger partial charge in [-0.1, -0.05) is 36.4 Å². The third kappa shape index (κ3) is 3.93. The van der Waals surface area contributed by atoms with Crippen molar-refractivity contribution in [3.63, 3.8) is 0 Å². The van der Waals surface area contributed by atoms with Gasteiger partial charge in [0.2, 0.25) is 0 Å². The molecule has 1 amide bonds. The number of ether oxygens (including phenoxy) is 1. The summed E-state index contributed by atoms with van der Waals surface area (Å²) in [6, 6.07) is 16.0. The summed E-state index contributed by atoms with van der Waals surface area (Å²) in [4.78, 5) is 13.0. The Labute approximate surface area is 180 Å². The first-order chi connectivity index (χ1) is 14.1. The SMILES string of the molecule is COc1ccccc1Cn1c(C(=O)NCc2ccccc2F)cc2scc(Br)c21. The van der Waals surface area contributed by atoms with Crippen LogP contribution in [-0.2, 0) is 13.1 Å². The molecule has 0 atom stereocenters. The van der Waals surface area contributed by atoms with E-state index < -0.39 is 0 Å². The summed E-state index contributed by atoms with van der Waals surface area (Å²) < 4.78 is 23.3. The highest BCUT2D eigenvalue weighted by Gasteiger charge is 2.20. The maximum Gasteiger partial charge on any atom is 0.268 e. The van der Waals surface area contributed by atoms with Gasteiger partial charge in [-0.2, -0.15) is 0 Å². The Bertz CT molecular complexity index is 1180. The van der Waals surface area contributed by atoms with Crippen LogP contribution in [0, 0.1) is 5.82 Å². The third-order valence-electron chi connectivity index (χ3n) is 4.73. The van der Waals surface area contributed by atoms with Crippen LogP contribution in [0.1, 0.15) is 21.6 Å². The van der Waals surface area contributed by atoms with Gasteiger partial charge in [0, 0.05) is 23.1 Å². The Morgan fingerprint density at radius 1 is 1.17 bits per heavy atom. The van der Waals surface area contributed by atoms with Crippen molar-refractivity contribution in [1.82, 2.24) is 9.88 Å². The number of nitrogens with one attached hydrogen (secondary N) is 1. The highest BCUT2D eigenvalue weighted by Crippen LogP contribution is 2.34. The quantitative estimate of drug-likeness (QED) is 0.397. The molecule has 4 nitrogen and oxygen atoms in total. The van der Waals surface area contributed by atoms with Gasteiger partial charge in [0.05, 0.1) is 28.3 Å². The normalized spacial score (nSPS) is 11.0. The number of methoxy groups -OCH3 is 1. The van der Waals surface area contributed by atoms with E-state index in [1.807, 2.05) is 40.3 Å². The molecule has 4 aromatic rings. The van der Waals surface area contributed by atoms with E-state index >= 15 is 0 Å². The minimum Gasteiger partial charge on any atom is -0.496 e. The van der Waals surface area contributed by atoms with Crippen molar-refractivity contribution in [2.24, 2.45) is 0 Å². The smallest absolute Gasteiger partial charge is 0.268 e. The number of thiophene rings is 1. The van der Waals surface area contributed by atoms with Gasteiger partial charge in [0.25, 0.3) is 5.91 Å². The fraction of sp³-hybridized carbons (Fsp3) is 0.136. The standard InChI is InChI=1S/C22H18BrFN2O2S/c1-28-19-9-5-3-7-15(19)12-26-18(10-20-21(26)16(23)13-29-20)22(27)25-11-14-6-2-4-8-17(14)24/h2-10,13H,11-12H2,1H3,(H,25,27). The molecule has 0 spiro atoms. The molecule has 0 bridgehead atoms. The minimum atomic E-state index is -0.332. The maximum absolute atomic E-state index is 13.9. The number of para-hydroxylation sites is 1. The summed E-state index contributed by atoms with van der Waals surface area (Å²) in [5.74, 6) is 0.179. The van der Waals surface area contributed by atoms with E-state index in [0.29, 0.717) is 17.8 Å². The fourth-order valence-electron chi connectivity index (χ4n) is 3.30. The molecule has 0 saturated heterocycles. The third-order valence-corrected chi connectivity index (χ3v) is 6.55. The zero-order valence-corrected chi connectivity index (χ0v) is 18.0. The number of hydrogen-bond acceptors (Lipinski definition) is 3. The van der Waals surface area contributed by atoms with Crippen molar-refractivity contribution < 1.29 is 13.9 Å². The predicted octanol–water partition coefficient (Wildman–Crippen LogP) is 5.59. The lowest BCUT2D eigenvalue weighted by Gasteiger charge is -2.14. The summed E-state index contributed by atoms with van der Waals surface area (Å²) >= 11 is 5.16. The first kappa shape index (κ1) is 19.7. The number of nitrogens with zero attached hydrogens (tertiary/aromatic N) is 1. The van der Waals surface area contributed by atoms with Crippen molar-refractivity contribution in [2.45, 2.75) is 13.1 Å². The molecular weight excluding hydrogens is 455 g/mol. The topological polar surface area (TPSA) is 43.3 Å². The molecule has 0 saturated carbocycles.